The first-order valence-corrected chi connectivity index (χ1v) is 6.20. The molecule has 7 heteroatoms. The maximum absolute atomic E-state index is 13.2. The van der Waals surface area contributed by atoms with Crippen molar-refractivity contribution in [2.45, 2.75) is 12.7 Å². The number of aromatic nitrogens is 1. The lowest BCUT2D eigenvalue weighted by molar-refractivity contribution is -0.137. The third-order valence-corrected chi connectivity index (χ3v) is 3.52. The average molecular weight is 290 g/mol. The van der Waals surface area contributed by atoms with Crippen LogP contribution >= 0.6 is 11.3 Å². The topological polar surface area (TPSA) is 24.9 Å². The molecule has 0 aliphatic heterocycles. The smallest absolute Gasteiger partial charge is 0.316 e. The Morgan fingerprint density at radius 2 is 2.05 bits per heavy atom. The number of nitrogens with zero attached hydrogens (tertiary/aromatic N) is 1. The molecule has 0 saturated heterocycles. The van der Waals surface area contributed by atoms with Crippen LogP contribution in [0.3, 0.4) is 0 Å². The highest BCUT2D eigenvalue weighted by Gasteiger charge is 2.34. The number of rotatable bonds is 3. The van der Waals surface area contributed by atoms with Crippen LogP contribution < -0.4 is 5.32 Å². The Morgan fingerprint density at radius 3 is 2.63 bits per heavy atom. The minimum Gasteiger partial charge on any atom is -0.316 e. The van der Waals surface area contributed by atoms with Crippen molar-refractivity contribution in [3.05, 3.63) is 40.8 Å². The van der Waals surface area contributed by atoms with Crippen molar-refractivity contribution in [1.29, 1.82) is 0 Å². The lowest BCUT2D eigenvalue weighted by Crippen LogP contribution is -2.06. The second-order valence-electron chi connectivity index (χ2n) is 3.86. The third kappa shape index (κ3) is 3.10. The standard InChI is InChI=1S/C12H10F4N2S/c1-17-5-7-4-8(13)2-3-9(7)10-6-18-11(19-10)12(14,15)16/h2-4,6,17H,5H2,1H3. The van der Waals surface area contributed by atoms with E-state index in [1.807, 2.05) is 0 Å². The molecule has 1 heterocycles. The number of halogens is 4. The van der Waals surface area contributed by atoms with Gasteiger partial charge in [-0.25, -0.2) is 9.37 Å². The van der Waals surface area contributed by atoms with Crippen LogP contribution in [0.1, 0.15) is 10.6 Å². The summed E-state index contributed by atoms with van der Waals surface area (Å²) >= 11 is 0.552. The highest BCUT2D eigenvalue weighted by Crippen LogP contribution is 2.37. The maximum atomic E-state index is 13.2. The molecular weight excluding hydrogens is 280 g/mol. The summed E-state index contributed by atoms with van der Waals surface area (Å²) in [6.45, 7) is 0.367. The van der Waals surface area contributed by atoms with Crippen LogP contribution in [0.25, 0.3) is 10.4 Å². The monoisotopic (exact) mass is 290 g/mol. The van der Waals surface area contributed by atoms with E-state index in [1.165, 1.54) is 24.4 Å². The minimum atomic E-state index is -4.45. The van der Waals surface area contributed by atoms with Gasteiger partial charge >= 0.3 is 6.18 Å². The Morgan fingerprint density at radius 1 is 1.32 bits per heavy atom. The highest BCUT2D eigenvalue weighted by atomic mass is 32.1. The van der Waals surface area contributed by atoms with E-state index in [4.69, 9.17) is 0 Å². The zero-order valence-corrected chi connectivity index (χ0v) is 10.7. The molecule has 1 N–H and O–H groups in total. The molecule has 0 aliphatic carbocycles. The molecule has 1 aromatic carbocycles. The zero-order chi connectivity index (χ0) is 14.0. The molecule has 0 amide bonds. The summed E-state index contributed by atoms with van der Waals surface area (Å²) in [5.74, 6) is -0.422. The fourth-order valence-corrected chi connectivity index (χ4v) is 2.51. The molecular formula is C12H10F4N2S. The van der Waals surface area contributed by atoms with E-state index >= 15 is 0 Å². The lowest BCUT2D eigenvalue weighted by Gasteiger charge is -2.07. The molecule has 0 saturated carbocycles. The molecule has 0 atom stereocenters. The molecule has 2 nitrogen and oxygen atoms in total. The molecule has 0 spiro atoms. The van der Waals surface area contributed by atoms with Crippen molar-refractivity contribution in [3.63, 3.8) is 0 Å². The number of thiazole rings is 1. The Bertz CT molecular complexity index is 577. The predicted molar refractivity (Wildman–Crippen MR) is 65.3 cm³/mol. The average Bonchev–Trinajstić information content (AvgIpc) is 2.78. The maximum Gasteiger partial charge on any atom is 0.443 e. The van der Waals surface area contributed by atoms with Crippen molar-refractivity contribution in [1.82, 2.24) is 10.3 Å². The van der Waals surface area contributed by atoms with Gasteiger partial charge in [-0.05, 0) is 30.3 Å². The fraction of sp³-hybridized carbons (Fsp3) is 0.250. The summed E-state index contributed by atoms with van der Waals surface area (Å²) in [4.78, 5) is 3.74. The molecule has 19 heavy (non-hydrogen) atoms. The minimum absolute atomic E-state index is 0.367. The highest BCUT2D eigenvalue weighted by molar-refractivity contribution is 7.15. The Balaban J connectivity index is 2.44. The van der Waals surface area contributed by atoms with E-state index in [-0.39, 0.29) is 0 Å². The predicted octanol–water partition coefficient (Wildman–Crippen LogP) is 3.69. The fourth-order valence-electron chi connectivity index (χ4n) is 1.67. The molecule has 0 unspecified atom stereocenters. The first kappa shape index (κ1) is 14.0. The molecule has 0 bridgehead atoms. The summed E-state index contributed by atoms with van der Waals surface area (Å²) in [5, 5.41) is 1.95. The van der Waals surface area contributed by atoms with Gasteiger partial charge in [0, 0.05) is 12.7 Å². The van der Waals surface area contributed by atoms with Gasteiger partial charge in [0.15, 0.2) is 5.01 Å². The van der Waals surface area contributed by atoms with Crippen LogP contribution in [-0.2, 0) is 12.7 Å². The van der Waals surface area contributed by atoms with Gasteiger partial charge in [0.1, 0.15) is 5.82 Å². The Kier molecular flexibility index (Phi) is 3.86. The van der Waals surface area contributed by atoms with E-state index in [0.29, 0.717) is 33.9 Å². The molecule has 0 aliphatic rings. The number of alkyl halides is 3. The van der Waals surface area contributed by atoms with Crippen LogP contribution in [0.2, 0.25) is 0 Å². The summed E-state index contributed by atoms with van der Waals surface area (Å²) in [6.07, 6.45) is -3.29. The molecule has 0 radical (unpaired) electrons. The van der Waals surface area contributed by atoms with Crippen molar-refractivity contribution in [2.75, 3.05) is 7.05 Å². The van der Waals surface area contributed by atoms with Gasteiger partial charge in [-0.15, -0.1) is 11.3 Å². The van der Waals surface area contributed by atoms with Gasteiger partial charge in [-0.3, -0.25) is 0 Å². The van der Waals surface area contributed by atoms with Crippen LogP contribution in [0.4, 0.5) is 17.6 Å². The Labute approximate surface area is 111 Å². The lowest BCUT2D eigenvalue weighted by atomic mass is 10.1. The van der Waals surface area contributed by atoms with E-state index in [0.717, 1.165) is 0 Å². The van der Waals surface area contributed by atoms with Gasteiger partial charge in [-0.2, -0.15) is 13.2 Å². The van der Waals surface area contributed by atoms with Crippen LogP contribution in [0.15, 0.2) is 24.4 Å². The largest absolute Gasteiger partial charge is 0.443 e. The Hall–Kier alpha value is -1.47. The first-order chi connectivity index (χ1) is 8.91. The van der Waals surface area contributed by atoms with Gasteiger partial charge in [0.2, 0.25) is 0 Å². The summed E-state index contributed by atoms with van der Waals surface area (Å²) < 4.78 is 50.7. The van der Waals surface area contributed by atoms with Gasteiger partial charge in [0.05, 0.1) is 4.88 Å². The number of hydrogen-bond donors (Lipinski definition) is 1. The molecule has 0 fully saturated rings. The molecule has 102 valence electrons. The van der Waals surface area contributed by atoms with E-state index in [1.54, 1.807) is 7.05 Å². The first-order valence-electron chi connectivity index (χ1n) is 5.38. The molecule has 2 aromatic rings. The SMILES string of the molecule is CNCc1cc(F)ccc1-c1cnc(C(F)(F)F)s1. The number of hydrogen-bond acceptors (Lipinski definition) is 3. The van der Waals surface area contributed by atoms with Crippen LogP contribution in [0.5, 0.6) is 0 Å². The van der Waals surface area contributed by atoms with Crippen LogP contribution in [-0.4, -0.2) is 12.0 Å². The molecule has 2 rings (SSSR count). The second kappa shape index (κ2) is 5.26. The van der Waals surface area contributed by atoms with E-state index in [2.05, 4.69) is 10.3 Å². The van der Waals surface area contributed by atoms with Crippen molar-refractivity contribution < 1.29 is 17.6 Å². The molecule has 1 aromatic heterocycles. The second-order valence-corrected chi connectivity index (χ2v) is 4.89. The summed E-state index contributed by atoms with van der Waals surface area (Å²) in [7, 11) is 1.68. The number of benzene rings is 1. The van der Waals surface area contributed by atoms with Crippen LogP contribution in [0, 0.1) is 5.82 Å². The van der Waals surface area contributed by atoms with Crippen molar-refractivity contribution in [2.24, 2.45) is 0 Å². The third-order valence-electron chi connectivity index (χ3n) is 2.45. The van der Waals surface area contributed by atoms with Gasteiger partial charge in [-0.1, -0.05) is 6.07 Å². The number of nitrogens with one attached hydrogen (secondary N) is 1. The van der Waals surface area contributed by atoms with E-state index < -0.39 is 17.0 Å². The van der Waals surface area contributed by atoms with Gasteiger partial charge in [0.25, 0.3) is 0 Å². The van der Waals surface area contributed by atoms with Crippen molar-refractivity contribution in [3.8, 4) is 10.4 Å². The summed E-state index contributed by atoms with van der Waals surface area (Å²) in [6, 6.07) is 4.00. The normalized spacial score (nSPS) is 11.8. The quantitative estimate of drug-likeness (QED) is 0.872. The zero-order valence-electron chi connectivity index (χ0n) is 9.88. The summed E-state index contributed by atoms with van der Waals surface area (Å²) in [5.41, 5.74) is 1.16. The van der Waals surface area contributed by atoms with Crippen molar-refractivity contribution >= 4 is 11.3 Å². The van der Waals surface area contributed by atoms with E-state index in [9.17, 15) is 17.6 Å². The van der Waals surface area contributed by atoms with Gasteiger partial charge < -0.3 is 5.32 Å².